The van der Waals surface area contributed by atoms with Gasteiger partial charge in [0, 0.05) is 36.8 Å². The van der Waals surface area contributed by atoms with Gasteiger partial charge >= 0.3 is 0 Å². The third kappa shape index (κ3) is 5.76. The lowest BCUT2D eigenvalue weighted by atomic mass is 9.81. The average Bonchev–Trinajstić information content (AvgIpc) is 3.18. The smallest absolute Gasteiger partial charge is 0.240 e. The highest BCUT2D eigenvalue weighted by Crippen LogP contribution is 2.34. The molecule has 0 aromatic heterocycles. The Labute approximate surface area is 208 Å². The molecule has 35 heavy (non-hydrogen) atoms. The predicted octanol–water partition coefficient (Wildman–Crippen LogP) is 4.27. The van der Waals surface area contributed by atoms with Crippen molar-refractivity contribution in [3.63, 3.8) is 0 Å². The summed E-state index contributed by atoms with van der Waals surface area (Å²) in [7, 11) is -3.65. The predicted molar refractivity (Wildman–Crippen MR) is 138 cm³/mol. The zero-order chi connectivity index (χ0) is 25.2. The first-order chi connectivity index (χ1) is 16.7. The lowest BCUT2D eigenvalue weighted by Crippen LogP contribution is -2.34. The van der Waals surface area contributed by atoms with Crippen LogP contribution >= 0.6 is 0 Å². The highest BCUT2D eigenvalue weighted by Gasteiger charge is 2.31. The number of amides is 2. The number of hydrogen-bond donors (Lipinski definition) is 2. The zero-order valence-corrected chi connectivity index (χ0v) is 21.5. The Bertz CT molecular complexity index is 1200. The van der Waals surface area contributed by atoms with Crippen LogP contribution in [0.1, 0.15) is 57.6 Å². The fraction of sp³-hybridized carbons (Fsp3) is 0.481. The number of carbonyl (C=O) groups excluding carboxylic acids is 2. The molecule has 7 nitrogen and oxygen atoms in total. The van der Waals surface area contributed by atoms with Crippen molar-refractivity contribution in [1.82, 2.24) is 4.72 Å². The lowest BCUT2D eigenvalue weighted by molar-refractivity contribution is -0.121. The third-order valence-corrected chi connectivity index (χ3v) is 8.72. The fourth-order valence-electron chi connectivity index (χ4n) is 5.31. The Kier molecular flexibility index (Phi) is 7.62. The van der Waals surface area contributed by atoms with Crippen LogP contribution in [0.25, 0.3) is 0 Å². The SMILES string of the molecule is CCc1cccc(NC(=O)C2CCC(CNS(=O)(=O)c3ccc4c(c3)C[C@@H](C)N4C(C)=O)CC2)c1. The molecule has 0 saturated heterocycles. The second kappa shape index (κ2) is 10.5. The van der Waals surface area contributed by atoms with Crippen LogP contribution in [0.5, 0.6) is 0 Å². The van der Waals surface area contributed by atoms with Gasteiger partial charge in [0.2, 0.25) is 21.8 Å². The van der Waals surface area contributed by atoms with E-state index in [0.29, 0.717) is 13.0 Å². The van der Waals surface area contributed by atoms with Gasteiger partial charge in [-0.05, 0) is 92.8 Å². The summed E-state index contributed by atoms with van der Waals surface area (Å²) in [6, 6.07) is 12.9. The van der Waals surface area contributed by atoms with Crippen molar-refractivity contribution >= 4 is 33.2 Å². The molecule has 0 spiro atoms. The van der Waals surface area contributed by atoms with Crippen LogP contribution in [0, 0.1) is 11.8 Å². The minimum atomic E-state index is -3.65. The number of nitrogens with one attached hydrogen (secondary N) is 2. The van der Waals surface area contributed by atoms with E-state index in [0.717, 1.165) is 49.0 Å². The van der Waals surface area contributed by atoms with Crippen molar-refractivity contribution in [3.05, 3.63) is 53.6 Å². The molecule has 1 saturated carbocycles. The highest BCUT2D eigenvalue weighted by molar-refractivity contribution is 7.89. The van der Waals surface area contributed by atoms with Crippen LogP contribution in [-0.4, -0.2) is 32.8 Å². The summed E-state index contributed by atoms with van der Waals surface area (Å²) >= 11 is 0. The molecule has 188 valence electrons. The summed E-state index contributed by atoms with van der Waals surface area (Å²) in [6.07, 6.45) is 4.70. The summed E-state index contributed by atoms with van der Waals surface area (Å²) in [4.78, 5) is 26.6. The number of benzene rings is 2. The molecular weight excluding hydrogens is 462 g/mol. The molecule has 1 fully saturated rings. The van der Waals surface area contributed by atoms with E-state index in [1.165, 1.54) is 12.5 Å². The summed E-state index contributed by atoms with van der Waals surface area (Å²) < 4.78 is 28.7. The Morgan fingerprint density at radius 1 is 1.06 bits per heavy atom. The van der Waals surface area contributed by atoms with Crippen LogP contribution < -0.4 is 14.9 Å². The largest absolute Gasteiger partial charge is 0.326 e. The second-order valence-electron chi connectivity index (χ2n) is 9.85. The first-order valence-electron chi connectivity index (χ1n) is 12.5. The number of hydrogen-bond acceptors (Lipinski definition) is 4. The number of rotatable bonds is 7. The highest BCUT2D eigenvalue weighted by atomic mass is 32.2. The molecule has 4 rings (SSSR count). The molecule has 2 aromatic rings. The van der Waals surface area contributed by atoms with E-state index in [2.05, 4.69) is 17.0 Å². The van der Waals surface area contributed by atoms with Crippen molar-refractivity contribution in [2.24, 2.45) is 11.8 Å². The van der Waals surface area contributed by atoms with Crippen molar-refractivity contribution in [1.29, 1.82) is 0 Å². The van der Waals surface area contributed by atoms with E-state index in [-0.39, 0.29) is 34.6 Å². The molecule has 2 aromatic carbocycles. The molecule has 0 bridgehead atoms. The van der Waals surface area contributed by atoms with Crippen LogP contribution in [0.15, 0.2) is 47.4 Å². The van der Waals surface area contributed by atoms with E-state index in [9.17, 15) is 18.0 Å². The lowest BCUT2D eigenvalue weighted by Gasteiger charge is -2.28. The van der Waals surface area contributed by atoms with Gasteiger partial charge in [-0.25, -0.2) is 13.1 Å². The van der Waals surface area contributed by atoms with Gasteiger partial charge in [-0.3, -0.25) is 9.59 Å². The Hall–Kier alpha value is -2.71. The van der Waals surface area contributed by atoms with Crippen LogP contribution in [0.3, 0.4) is 0 Å². The van der Waals surface area contributed by atoms with E-state index in [4.69, 9.17) is 0 Å². The number of sulfonamides is 1. The van der Waals surface area contributed by atoms with E-state index < -0.39 is 10.0 Å². The minimum Gasteiger partial charge on any atom is -0.326 e. The molecule has 2 amide bonds. The molecular formula is C27H35N3O4S. The molecule has 1 aliphatic heterocycles. The maximum Gasteiger partial charge on any atom is 0.240 e. The van der Waals surface area contributed by atoms with E-state index in [1.807, 2.05) is 31.2 Å². The first kappa shape index (κ1) is 25.4. The normalized spacial score (nSPS) is 22.0. The summed E-state index contributed by atoms with van der Waals surface area (Å²) in [5, 5.41) is 3.04. The van der Waals surface area contributed by atoms with Crippen molar-refractivity contribution in [2.75, 3.05) is 16.8 Å². The molecule has 0 radical (unpaired) electrons. The summed E-state index contributed by atoms with van der Waals surface area (Å²) in [5.41, 5.74) is 3.70. The van der Waals surface area contributed by atoms with Crippen molar-refractivity contribution in [3.8, 4) is 0 Å². The maximum absolute atomic E-state index is 12.9. The molecule has 8 heteroatoms. The van der Waals surface area contributed by atoms with Gasteiger partial charge in [-0.2, -0.15) is 0 Å². The van der Waals surface area contributed by atoms with Gasteiger partial charge in [0.25, 0.3) is 0 Å². The Morgan fingerprint density at radius 3 is 2.49 bits per heavy atom. The molecule has 1 aliphatic carbocycles. The van der Waals surface area contributed by atoms with Gasteiger partial charge in [0.05, 0.1) is 4.90 Å². The number of fused-ring (bicyclic) bond motifs is 1. The van der Waals surface area contributed by atoms with Gasteiger partial charge in [0.1, 0.15) is 0 Å². The van der Waals surface area contributed by atoms with E-state index in [1.54, 1.807) is 23.1 Å². The molecule has 2 aliphatic rings. The van der Waals surface area contributed by atoms with Gasteiger partial charge in [-0.15, -0.1) is 0 Å². The molecule has 1 atom stereocenters. The monoisotopic (exact) mass is 497 g/mol. The third-order valence-electron chi connectivity index (χ3n) is 7.30. The fourth-order valence-corrected chi connectivity index (χ4v) is 6.47. The van der Waals surface area contributed by atoms with E-state index >= 15 is 0 Å². The summed E-state index contributed by atoms with van der Waals surface area (Å²) in [5.74, 6) is 0.170. The van der Waals surface area contributed by atoms with Crippen LogP contribution in [0.4, 0.5) is 11.4 Å². The molecule has 1 heterocycles. The maximum atomic E-state index is 12.9. The standard InChI is InChI=1S/C27H35N3O4S/c1-4-20-6-5-7-24(15-20)29-27(32)22-10-8-21(9-11-22)17-28-35(33,34)25-12-13-26-23(16-25)14-18(2)30(26)19(3)31/h5-7,12-13,15-16,18,21-22,28H,4,8-11,14,17H2,1-3H3,(H,29,32)/t18-,21?,22?/m1/s1. The average molecular weight is 498 g/mol. The molecule has 2 N–H and O–H groups in total. The Balaban J connectivity index is 1.29. The van der Waals surface area contributed by atoms with Gasteiger partial charge in [0.15, 0.2) is 0 Å². The second-order valence-corrected chi connectivity index (χ2v) is 11.6. The minimum absolute atomic E-state index is 0.0244. The first-order valence-corrected chi connectivity index (χ1v) is 14.0. The van der Waals surface area contributed by atoms with Crippen molar-refractivity contribution < 1.29 is 18.0 Å². The molecule has 0 unspecified atom stereocenters. The number of nitrogens with zero attached hydrogens (tertiary/aromatic N) is 1. The number of anilines is 2. The van der Waals surface area contributed by atoms with Gasteiger partial charge in [-0.1, -0.05) is 19.1 Å². The quantitative estimate of drug-likeness (QED) is 0.597. The van der Waals surface area contributed by atoms with Crippen molar-refractivity contribution in [2.45, 2.75) is 70.2 Å². The van der Waals surface area contributed by atoms with Crippen LogP contribution in [0.2, 0.25) is 0 Å². The Morgan fingerprint density at radius 2 is 1.80 bits per heavy atom. The topological polar surface area (TPSA) is 95.6 Å². The zero-order valence-electron chi connectivity index (χ0n) is 20.7. The number of carbonyl (C=O) groups is 2. The van der Waals surface area contributed by atoms with Gasteiger partial charge < -0.3 is 10.2 Å². The number of aryl methyl sites for hydroxylation is 1. The van der Waals surface area contributed by atoms with Crippen LogP contribution in [-0.2, 0) is 32.5 Å². The summed E-state index contributed by atoms with van der Waals surface area (Å²) in [6.45, 7) is 5.94.